The van der Waals surface area contributed by atoms with Gasteiger partial charge in [-0.3, -0.25) is 4.79 Å². The number of hydrogen-bond donors (Lipinski definition) is 0. The van der Waals surface area contributed by atoms with Crippen molar-refractivity contribution in [3.05, 3.63) is 11.6 Å². The SMILES string of the molecule is CSCC(=O)C1=CCCCCC1. The molecule has 0 heterocycles. The van der Waals surface area contributed by atoms with Gasteiger partial charge in [0.1, 0.15) is 0 Å². The van der Waals surface area contributed by atoms with E-state index in [1.165, 1.54) is 19.3 Å². The molecule has 0 unspecified atom stereocenters. The molecule has 0 aromatic carbocycles. The van der Waals surface area contributed by atoms with Crippen molar-refractivity contribution in [3.8, 4) is 0 Å². The third-order valence-electron chi connectivity index (χ3n) is 2.17. The summed E-state index contributed by atoms with van der Waals surface area (Å²) in [7, 11) is 0. The number of hydrogen-bond acceptors (Lipinski definition) is 2. The highest BCUT2D eigenvalue weighted by Gasteiger charge is 2.09. The van der Waals surface area contributed by atoms with Gasteiger partial charge in [0.05, 0.1) is 5.75 Å². The van der Waals surface area contributed by atoms with Gasteiger partial charge in [0.25, 0.3) is 0 Å². The lowest BCUT2D eigenvalue weighted by molar-refractivity contribution is -0.113. The molecule has 0 fully saturated rings. The van der Waals surface area contributed by atoms with Gasteiger partial charge in [-0.2, -0.15) is 11.8 Å². The molecule has 1 aliphatic rings. The minimum Gasteiger partial charge on any atom is -0.294 e. The summed E-state index contributed by atoms with van der Waals surface area (Å²) in [4.78, 5) is 11.5. The first-order valence-corrected chi connectivity index (χ1v) is 5.95. The minimum atomic E-state index is 0.351. The van der Waals surface area contributed by atoms with Crippen molar-refractivity contribution < 1.29 is 4.79 Å². The van der Waals surface area contributed by atoms with Gasteiger partial charge in [0, 0.05) is 0 Å². The molecule has 1 nitrogen and oxygen atoms in total. The predicted octanol–water partition coefficient (Wildman–Crippen LogP) is 2.81. The van der Waals surface area contributed by atoms with Crippen LogP contribution in [0, 0.1) is 0 Å². The number of rotatable bonds is 3. The molecule has 68 valence electrons. The zero-order chi connectivity index (χ0) is 8.81. The monoisotopic (exact) mass is 184 g/mol. The van der Waals surface area contributed by atoms with Gasteiger partial charge >= 0.3 is 0 Å². The molecule has 0 spiro atoms. The molecule has 0 aliphatic heterocycles. The van der Waals surface area contributed by atoms with Crippen molar-refractivity contribution in [1.29, 1.82) is 0 Å². The highest BCUT2D eigenvalue weighted by Crippen LogP contribution is 2.18. The highest BCUT2D eigenvalue weighted by atomic mass is 32.2. The lowest BCUT2D eigenvalue weighted by Gasteiger charge is -2.01. The Morgan fingerprint density at radius 2 is 2.33 bits per heavy atom. The summed E-state index contributed by atoms with van der Waals surface area (Å²) in [5, 5.41) is 0. The molecular formula is C10H16OS. The van der Waals surface area contributed by atoms with Crippen LogP contribution in [0.1, 0.15) is 32.1 Å². The van der Waals surface area contributed by atoms with Gasteiger partial charge in [0.15, 0.2) is 5.78 Å². The smallest absolute Gasteiger partial charge is 0.168 e. The number of carbonyl (C=O) groups excluding carboxylic acids is 1. The van der Waals surface area contributed by atoms with Crippen LogP contribution in [0.25, 0.3) is 0 Å². The highest BCUT2D eigenvalue weighted by molar-refractivity contribution is 7.99. The molecule has 0 saturated carbocycles. The van der Waals surface area contributed by atoms with Crippen LogP contribution < -0.4 is 0 Å². The first-order chi connectivity index (χ1) is 5.84. The second-order valence-corrected chi connectivity index (χ2v) is 4.05. The van der Waals surface area contributed by atoms with Crippen LogP contribution in [0.4, 0.5) is 0 Å². The normalized spacial score (nSPS) is 18.2. The number of ketones is 1. The van der Waals surface area contributed by atoms with Crippen LogP contribution in [0.2, 0.25) is 0 Å². The van der Waals surface area contributed by atoms with Gasteiger partial charge < -0.3 is 0 Å². The quantitative estimate of drug-likeness (QED) is 0.671. The molecule has 0 N–H and O–H groups in total. The van der Waals surface area contributed by atoms with E-state index in [1.807, 2.05) is 6.26 Å². The summed E-state index contributed by atoms with van der Waals surface area (Å²) in [5.41, 5.74) is 1.09. The van der Waals surface area contributed by atoms with E-state index in [-0.39, 0.29) is 0 Å². The van der Waals surface area contributed by atoms with Gasteiger partial charge in [-0.15, -0.1) is 0 Å². The third-order valence-corrected chi connectivity index (χ3v) is 2.73. The predicted molar refractivity (Wildman–Crippen MR) is 54.6 cm³/mol. The Kier molecular flexibility index (Phi) is 4.44. The van der Waals surface area contributed by atoms with Crippen LogP contribution in [0.3, 0.4) is 0 Å². The molecule has 0 atom stereocenters. The molecule has 0 saturated heterocycles. The lowest BCUT2D eigenvalue weighted by Crippen LogP contribution is -2.04. The summed E-state index contributed by atoms with van der Waals surface area (Å²) >= 11 is 1.62. The van der Waals surface area contributed by atoms with Crippen LogP contribution in [-0.4, -0.2) is 17.8 Å². The Morgan fingerprint density at radius 3 is 3.08 bits per heavy atom. The molecule has 0 aromatic rings. The molecule has 0 amide bonds. The Bertz CT molecular complexity index is 184. The van der Waals surface area contributed by atoms with Crippen LogP contribution >= 0.6 is 11.8 Å². The van der Waals surface area contributed by atoms with Crippen molar-refractivity contribution >= 4 is 17.5 Å². The number of carbonyl (C=O) groups is 1. The fourth-order valence-electron chi connectivity index (χ4n) is 1.49. The lowest BCUT2D eigenvalue weighted by atomic mass is 10.1. The first kappa shape index (κ1) is 9.85. The van der Waals surface area contributed by atoms with Gasteiger partial charge in [-0.1, -0.05) is 12.5 Å². The summed E-state index contributed by atoms with van der Waals surface area (Å²) in [6, 6.07) is 0. The molecule has 12 heavy (non-hydrogen) atoms. The zero-order valence-electron chi connectivity index (χ0n) is 7.64. The first-order valence-electron chi connectivity index (χ1n) is 4.56. The fraction of sp³-hybridized carbons (Fsp3) is 0.700. The van der Waals surface area contributed by atoms with E-state index in [4.69, 9.17) is 0 Å². The molecular weight excluding hydrogens is 168 g/mol. The average Bonchev–Trinajstić information content (AvgIpc) is 2.32. The van der Waals surface area contributed by atoms with E-state index in [1.54, 1.807) is 11.8 Å². The zero-order valence-corrected chi connectivity index (χ0v) is 8.45. The summed E-state index contributed by atoms with van der Waals surface area (Å²) in [6.45, 7) is 0. The standard InChI is InChI=1S/C10H16OS/c1-12-8-10(11)9-6-4-2-3-5-7-9/h6H,2-5,7-8H2,1H3. The van der Waals surface area contributed by atoms with E-state index < -0.39 is 0 Å². The molecule has 1 rings (SSSR count). The van der Waals surface area contributed by atoms with Crippen LogP contribution in [0.15, 0.2) is 11.6 Å². The average molecular weight is 184 g/mol. The summed E-state index contributed by atoms with van der Waals surface area (Å²) in [6.07, 6.45) is 9.99. The molecule has 0 radical (unpaired) electrons. The summed E-state index contributed by atoms with van der Waals surface area (Å²) in [5.74, 6) is 1.01. The fourth-order valence-corrected chi connectivity index (χ4v) is 1.94. The number of allylic oxidation sites excluding steroid dienone is 2. The molecule has 0 aromatic heterocycles. The van der Waals surface area contributed by atoms with Crippen LogP contribution in [-0.2, 0) is 4.79 Å². The van der Waals surface area contributed by atoms with Gasteiger partial charge in [-0.05, 0) is 37.5 Å². The Morgan fingerprint density at radius 1 is 1.50 bits per heavy atom. The van der Waals surface area contributed by atoms with Crippen molar-refractivity contribution in [1.82, 2.24) is 0 Å². The van der Waals surface area contributed by atoms with Crippen molar-refractivity contribution in [3.63, 3.8) is 0 Å². The third kappa shape index (κ3) is 3.02. The number of thioether (sulfide) groups is 1. The van der Waals surface area contributed by atoms with Crippen molar-refractivity contribution in [2.75, 3.05) is 12.0 Å². The number of Topliss-reactive ketones (excluding diaryl/α,β-unsaturated/α-hetero) is 1. The maximum Gasteiger partial charge on any atom is 0.168 e. The topological polar surface area (TPSA) is 17.1 Å². The van der Waals surface area contributed by atoms with Gasteiger partial charge in [-0.25, -0.2) is 0 Å². The van der Waals surface area contributed by atoms with E-state index in [0.717, 1.165) is 18.4 Å². The molecule has 0 bridgehead atoms. The van der Waals surface area contributed by atoms with Crippen molar-refractivity contribution in [2.45, 2.75) is 32.1 Å². The van der Waals surface area contributed by atoms with E-state index in [0.29, 0.717) is 11.5 Å². The Labute approximate surface area is 78.6 Å². The summed E-state index contributed by atoms with van der Waals surface area (Å²) < 4.78 is 0. The molecule has 1 aliphatic carbocycles. The van der Waals surface area contributed by atoms with Crippen LogP contribution in [0.5, 0.6) is 0 Å². The molecule has 2 heteroatoms. The minimum absolute atomic E-state index is 0.351. The Hall–Kier alpha value is -0.240. The maximum absolute atomic E-state index is 11.5. The largest absolute Gasteiger partial charge is 0.294 e. The van der Waals surface area contributed by atoms with E-state index in [2.05, 4.69) is 6.08 Å². The Balaban J connectivity index is 2.47. The van der Waals surface area contributed by atoms with Gasteiger partial charge in [0.2, 0.25) is 0 Å². The maximum atomic E-state index is 11.5. The second-order valence-electron chi connectivity index (χ2n) is 3.18. The van der Waals surface area contributed by atoms with E-state index >= 15 is 0 Å². The van der Waals surface area contributed by atoms with E-state index in [9.17, 15) is 4.79 Å². The second kappa shape index (κ2) is 5.41. The van der Waals surface area contributed by atoms with Crippen molar-refractivity contribution in [2.24, 2.45) is 0 Å².